The third kappa shape index (κ3) is 3.56. The predicted octanol–water partition coefficient (Wildman–Crippen LogP) is 2.17. The highest BCUT2D eigenvalue weighted by Gasteiger charge is 2.10. The van der Waals surface area contributed by atoms with Crippen molar-refractivity contribution in [2.75, 3.05) is 17.3 Å². The molecule has 0 aliphatic carbocycles. The van der Waals surface area contributed by atoms with Gasteiger partial charge in [-0.3, -0.25) is 0 Å². The molecule has 96 valence electrons. The van der Waals surface area contributed by atoms with Crippen molar-refractivity contribution in [3.8, 4) is 0 Å². The Hall–Kier alpha value is -1.36. The normalized spacial score (nSPS) is 10.6. The molecule has 0 saturated heterocycles. The molecule has 0 atom stereocenters. The average molecular weight is 237 g/mol. The van der Waals surface area contributed by atoms with E-state index in [0.29, 0.717) is 11.7 Å². The number of rotatable bonds is 7. The SMILES string of the molecule is CCc1c(NN)ncnc1NCC(CC)CC. The second-order valence-corrected chi connectivity index (χ2v) is 4.11. The second kappa shape index (κ2) is 7.06. The van der Waals surface area contributed by atoms with Gasteiger partial charge < -0.3 is 10.7 Å². The molecular weight excluding hydrogens is 214 g/mol. The maximum atomic E-state index is 5.44. The number of aromatic nitrogens is 2. The maximum Gasteiger partial charge on any atom is 0.148 e. The van der Waals surface area contributed by atoms with Crippen molar-refractivity contribution in [2.45, 2.75) is 40.0 Å². The fourth-order valence-corrected chi connectivity index (χ4v) is 1.84. The molecule has 0 bridgehead atoms. The molecule has 1 aromatic rings. The standard InChI is InChI=1S/C12H23N5/c1-4-9(5-2)7-14-11-10(6-3)12(17-13)16-8-15-11/h8-9H,4-7,13H2,1-3H3,(H2,14,15,16,17). The number of anilines is 2. The summed E-state index contributed by atoms with van der Waals surface area (Å²) in [6.45, 7) is 7.44. The van der Waals surface area contributed by atoms with E-state index in [2.05, 4.69) is 41.5 Å². The fourth-order valence-electron chi connectivity index (χ4n) is 1.84. The zero-order valence-electron chi connectivity index (χ0n) is 11.0. The van der Waals surface area contributed by atoms with Crippen molar-refractivity contribution in [2.24, 2.45) is 11.8 Å². The van der Waals surface area contributed by atoms with E-state index in [1.165, 1.54) is 19.2 Å². The van der Waals surface area contributed by atoms with Crippen LogP contribution in [0.2, 0.25) is 0 Å². The molecule has 0 spiro atoms. The molecule has 0 aromatic carbocycles. The highest BCUT2D eigenvalue weighted by atomic mass is 15.3. The third-order valence-electron chi connectivity index (χ3n) is 3.15. The van der Waals surface area contributed by atoms with Gasteiger partial charge in [-0.2, -0.15) is 0 Å². The highest BCUT2D eigenvalue weighted by molar-refractivity contribution is 5.56. The van der Waals surface area contributed by atoms with Crippen molar-refractivity contribution in [3.05, 3.63) is 11.9 Å². The first-order valence-electron chi connectivity index (χ1n) is 6.31. The van der Waals surface area contributed by atoms with Gasteiger partial charge in [-0.1, -0.05) is 33.6 Å². The number of nitrogens with one attached hydrogen (secondary N) is 2. The van der Waals surface area contributed by atoms with Crippen LogP contribution in [0.15, 0.2) is 6.33 Å². The van der Waals surface area contributed by atoms with Gasteiger partial charge >= 0.3 is 0 Å². The van der Waals surface area contributed by atoms with Crippen molar-refractivity contribution in [3.63, 3.8) is 0 Å². The van der Waals surface area contributed by atoms with E-state index in [0.717, 1.165) is 24.3 Å². The molecule has 1 heterocycles. The Labute approximate surface area is 103 Å². The summed E-state index contributed by atoms with van der Waals surface area (Å²) in [4.78, 5) is 8.39. The fraction of sp³-hybridized carbons (Fsp3) is 0.667. The number of nitrogens with two attached hydrogens (primary N) is 1. The number of nitrogen functional groups attached to an aromatic ring is 1. The largest absolute Gasteiger partial charge is 0.369 e. The van der Waals surface area contributed by atoms with Crippen molar-refractivity contribution >= 4 is 11.6 Å². The predicted molar refractivity (Wildman–Crippen MR) is 71.8 cm³/mol. The van der Waals surface area contributed by atoms with Crippen LogP contribution in [0, 0.1) is 5.92 Å². The summed E-state index contributed by atoms with van der Waals surface area (Å²) < 4.78 is 0. The lowest BCUT2D eigenvalue weighted by Gasteiger charge is -2.16. The molecule has 0 aliphatic rings. The van der Waals surface area contributed by atoms with Gasteiger partial charge in [0, 0.05) is 12.1 Å². The number of nitrogens with zero attached hydrogens (tertiary/aromatic N) is 2. The molecule has 5 heteroatoms. The minimum Gasteiger partial charge on any atom is -0.369 e. The summed E-state index contributed by atoms with van der Waals surface area (Å²) in [5, 5.41) is 3.39. The Kier molecular flexibility index (Phi) is 5.69. The lowest BCUT2D eigenvalue weighted by molar-refractivity contribution is 0.518. The number of hydrogen-bond donors (Lipinski definition) is 3. The van der Waals surface area contributed by atoms with E-state index < -0.39 is 0 Å². The topological polar surface area (TPSA) is 75.9 Å². The second-order valence-electron chi connectivity index (χ2n) is 4.11. The molecule has 5 nitrogen and oxygen atoms in total. The van der Waals surface area contributed by atoms with Crippen LogP contribution in [-0.2, 0) is 6.42 Å². The molecule has 17 heavy (non-hydrogen) atoms. The van der Waals surface area contributed by atoms with Gasteiger partial charge in [0.25, 0.3) is 0 Å². The van der Waals surface area contributed by atoms with E-state index in [1.807, 2.05) is 0 Å². The minimum atomic E-state index is 0.684. The summed E-state index contributed by atoms with van der Waals surface area (Å²) in [5.41, 5.74) is 3.65. The zero-order chi connectivity index (χ0) is 12.7. The molecule has 0 fully saturated rings. The summed E-state index contributed by atoms with van der Waals surface area (Å²) in [6, 6.07) is 0. The maximum absolute atomic E-state index is 5.44. The molecule has 0 saturated carbocycles. The molecule has 0 aliphatic heterocycles. The lowest BCUT2D eigenvalue weighted by atomic mass is 10.0. The first kappa shape index (κ1) is 13.7. The molecule has 0 unspecified atom stereocenters. The van der Waals surface area contributed by atoms with Crippen LogP contribution in [0.4, 0.5) is 11.6 Å². The van der Waals surface area contributed by atoms with E-state index in [4.69, 9.17) is 5.84 Å². The Balaban J connectivity index is 2.76. The van der Waals surface area contributed by atoms with Gasteiger partial charge in [-0.05, 0) is 12.3 Å². The van der Waals surface area contributed by atoms with E-state index in [1.54, 1.807) is 0 Å². The Morgan fingerprint density at radius 3 is 2.35 bits per heavy atom. The van der Waals surface area contributed by atoms with Crippen molar-refractivity contribution in [1.82, 2.24) is 9.97 Å². The van der Waals surface area contributed by atoms with Gasteiger partial charge in [0.05, 0.1) is 0 Å². The van der Waals surface area contributed by atoms with Crippen LogP contribution in [0.25, 0.3) is 0 Å². The smallest absolute Gasteiger partial charge is 0.148 e. The van der Waals surface area contributed by atoms with E-state index in [9.17, 15) is 0 Å². The van der Waals surface area contributed by atoms with Crippen molar-refractivity contribution < 1.29 is 0 Å². The van der Waals surface area contributed by atoms with E-state index >= 15 is 0 Å². The molecular formula is C12H23N5. The Bertz CT molecular complexity index is 336. The minimum absolute atomic E-state index is 0.684. The summed E-state index contributed by atoms with van der Waals surface area (Å²) in [6.07, 6.45) is 4.74. The summed E-state index contributed by atoms with van der Waals surface area (Å²) in [7, 11) is 0. The monoisotopic (exact) mass is 237 g/mol. The molecule has 0 amide bonds. The van der Waals surface area contributed by atoms with Crippen LogP contribution in [0.5, 0.6) is 0 Å². The van der Waals surface area contributed by atoms with Crippen molar-refractivity contribution in [1.29, 1.82) is 0 Å². The number of hydrogen-bond acceptors (Lipinski definition) is 5. The highest BCUT2D eigenvalue weighted by Crippen LogP contribution is 2.20. The van der Waals surface area contributed by atoms with Gasteiger partial charge in [-0.25, -0.2) is 15.8 Å². The summed E-state index contributed by atoms with van der Waals surface area (Å²) in [5.74, 6) is 7.71. The summed E-state index contributed by atoms with van der Waals surface area (Å²) >= 11 is 0. The van der Waals surface area contributed by atoms with Crippen LogP contribution >= 0.6 is 0 Å². The van der Waals surface area contributed by atoms with Gasteiger partial charge in [0.15, 0.2) is 0 Å². The molecule has 1 rings (SSSR count). The molecule has 0 radical (unpaired) electrons. The number of hydrazine groups is 1. The average Bonchev–Trinajstić information content (AvgIpc) is 2.39. The molecule has 1 aromatic heterocycles. The third-order valence-corrected chi connectivity index (χ3v) is 3.15. The van der Waals surface area contributed by atoms with E-state index in [-0.39, 0.29) is 0 Å². The Morgan fingerprint density at radius 2 is 1.82 bits per heavy atom. The first-order valence-corrected chi connectivity index (χ1v) is 6.31. The van der Waals surface area contributed by atoms with Gasteiger partial charge in [0.2, 0.25) is 0 Å². The lowest BCUT2D eigenvalue weighted by Crippen LogP contribution is -2.17. The van der Waals surface area contributed by atoms with Crippen LogP contribution in [0.3, 0.4) is 0 Å². The molecule has 4 N–H and O–H groups in total. The first-order chi connectivity index (χ1) is 8.26. The quantitative estimate of drug-likeness (QED) is 0.500. The Morgan fingerprint density at radius 1 is 1.18 bits per heavy atom. The van der Waals surface area contributed by atoms with Gasteiger partial charge in [-0.15, -0.1) is 0 Å². The van der Waals surface area contributed by atoms with Crippen LogP contribution in [-0.4, -0.2) is 16.5 Å². The zero-order valence-corrected chi connectivity index (χ0v) is 11.0. The van der Waals surface area contributed by atoms with Crippen LogP contribution < -0.4 is 16.6 Å². The van der Waals surface area contributed by atoms with Gasteiger partial charge in [0.1, 0.15) is 18.0 Å². The van der Waals surface area contributed by atoms with Crippen LogP contribution in [0.1, 0.15) is 39.2 Å².